The van der Waals surface area contributed by atoms with Crippen molar-refractivity contribution >= 4 is 60.5 Å². The number of rotatable bonds is 6. The van der Waals surface area contributed by atoms with Crippen molar-refractivity contribution in [3.63, 3.8) is 0 Å². The summed E-state index contributed by atoms with van der Waals surface area (Å²) < 4.78 is 6.70. The molecule has 0 radical (unpaired) electrons. The van der Waals surface area contributed by atoms with Crippen LogP contribution in [-0.4, -0.2) is 0 Å². The van der Waals surface area contributed by atoms with Gasteiger partial charge in [0.2, 0.25) is 0 Å². The van der Waals surface area contributed by atoms with E-state index in [1.54, 1.807) is 0 Å². The minimum atomic E-state index is 0.862. The molecule has 0 amide bonds. The van der Waals surface area contributed by atoms with Gasteiger partial charge in [-0.2, -0.15) is 0 Å². The molecule has 0 saturated heterocycles. The fraction of sp³-hybridized carbons (Fsp3) is 0. The summed E-state index contributed by atoms with van der Waals surface area (Å²) in [6.45, 7) is 0. The Labute approximate surface area is 302 Å². The second kappa shape index (κ2) is 12.5. The highest BCUT2D eigenvalue weighted by Gasteiger charge is 2.21. The van der Waals surface area contributed by atoms with Crippen molar-refractivity contribution in [3.05, 3.63) is 200 Å². The summed E-state index contributed by atoms with van der Waals surface area (Å²) >= 11 is 0. The molecule has 1 aromatic heterocycles. The monoisotopic (exact) mass is 663 g/mol. The molecule has 2 nitrogen and oxygen atoms in total. The van der Waals surface area contributed by atoms with Gasteiger partial charge in [0, 0.05) is 22.3 Å². The quantitative estimate of drug-likeness (QED) is 0.165. The first-order valence-electron chi connectivity index (χ1n) is 17.8. The molecule has 0 aliphatic rings. The summed E-state index contributed by atoms with van der Waals surface area (Å²) in [6, 6.07) is 71.5. The second-order valence-corrected chi connectivity index (χ2v) is 13.3. The number of furan rings is 1. The van der Waals surface area contributed by atoms with E-state index >= 15 is 0 Å². The summed E-state index contributed by atoms with van der Waals surface area (Å²) in [4.78, 5) is 2.36. The molecule has 0 unspecified atom stereocenters. The molecule has 0 aliphatic heterocycles. The summed E-state index contributed by atoms with van der Waals surface area (Å²) in [5.41, 5.74) is 12.0. The van der Waals surface area contributed by atoms with Crippen molar-refractivity contribution in [1.29, 1.82) is 0 Å². The van der Waals surface area contributed by atoms with Crippen LogP contribution in [0.5, 0.6) is 0 Å². The van der Waals surface area contributed by atoms with Crippen LogP contribution in [-0.2, 0) is 0 Å². The number of fused-ring (bicyclic) bond motifs is 6. The van der Waals surface area contributed by atoms with Crippen molar-refractivity contribution in [3.8, 4) is 33.4 Å². The van der Waals surface area contributed by atoms with Gasteiger partial charge >= 0.3 is 0 Å². The third kappa shape index (κ3) is 5.04. The van der Waals surface area contributed by atoms with Gasteiger partial charge in [0.05, 0.1) is 11.1 Å². The Hall–Kier alpha value is -6.90. The number of nitrogens with zero attached hydrogens (tertiary/aromatic N) is 1. The normalized spacial score (nSPS) is 11.5. The van der Waals surface area contributed by atoms with Gasteiger partial charge in [0.1, 0.15) is 11.2 Å². The minimum Gasteiger partial charge on any atom is -0.455 e. The molecule has 10 aromatic rings. The Morgan fingerprint density at radius 1 is 0.346 bits per heavy atom. The molecule has 0 N–H and O–H groups in total. The highest BCUT2D eigenvalue weighted by Crippen LogP contribution is 2.45. The Bertz CT molecular complexity index is 2870. The molecule has 244 valence electrons. The lowest BCUT2D eigenvalue weighted by atomic mass is 9.93. The Morgan fingerprint density at radius 3 is 1.62 bits per heavy atom. The van der Waals surface area contributed by atoms with Gasteiger partial charge in [-0.25, -0.2) is 0 Å². The minimum absolute atomic E-state index is 0.862. The third-order valence-electron chi connectivity index (χ3n) is 10.3. The zero-order chi connectivity index (χ0) is 34.4. The molecule has 10 rings (SSSR count). The lowest BCUT2D eigenvalue weighted by Gasteiger charge is -2.27. The Morgan fingerprint density at radius 2 is 0.885 bits per heavy atom. The van der Waals surface area contributed by atoms with E-state index < -0.39 is 0 Å². The molecule has 1 heterocycles. The van der Waals surface area contributed by atoms with Crippen LogP contribution in [0.1, 0.15) is 0 Å². The van der Waals surface area contributed by atoms with E-state index in [9.17, 15) is 0 Å². The maximum Gasteiger partial charge on any atom is 0.143 e. The third-order valence-corrected chi connectivity index (χ3v) is 10.3. The zero-order valence-electron chi connectivity index (χ0n) is 28.4. The van der Waals surface area contributed by atoms with Crippen molar-refractivity contribution in [2.75, 3.05) is 4.90 Å². The van der Waals surface area contributed by atoms with Crippen LogP contribution in [0.4, 0.5) is 17.1 Å². The van der Waals surface area contributed by atoms with Crippen molar-refractivity contribution < 1.29 is 4.42 Å². The van der Waals surface area contributed by atoms with Crippen LogP contribution in [0.25, 0.3) is 76.9 Å². The Kier molecular flexibility index (Phi) is 7.18. The largest absolute Gasteiger partial charge is 0.455 e. The fourth-order valence-corrected chi connectivity index (χ4v) is 7.80. The molecule has 9 aromatic carbocycles. The van der Waals surface area contributed by atoms with Crippen LogP contribution in [0, 0.1) is 0 Å². The van der Waals surface area contributed by atoms with E-state index in [1.807, 2.05) is 0 Å². The number of hydrogen-bond acceptors (Lipinski definition) is 2. The SMILES string of the molecule is c1ccc(-c2ccc(N(c3ccc(-c4cc5ccccc5c5ccccc45)cc3)c3cccc4oc5c(-c6ccccc6)cccc5c34)cc2)cc1. The molecule has 52 heavy (non-hydrogen) atoms. The van der Waals surface area contributed by atoms with E-state index in [4.69, 9.17) is 4.42 Å². The van der Waals surface area contributed by atoms with Crippen LogP contribution in [0.2, 0.25) is 0 Å². The van der Waals surface area contributed by atoms with Gasteiger partial charge in [-0.1, -0.05) is 158 Å². The predicted octanol–water partition coefficient (Wildman–Crippen LogP) is 14.4. The number of anilines is 3. The van der Waals surface area contributed by atoms with Crippen molar-refractivity contribution in [2.24, 2.45) is 0 Å². The highest BCUT2D eigenvalue weighted by atomic mass is 16.3. The summed E-state index contributed by atoms with van der Waals surface area (Å²) in [5, 5.41) is 7.23. The first-order chi connectivity index (χ1) is 25.8. The number of benzene rings is 9. The van der Waals surface area contributed by atoms with Crippen LogP contribution in [0.15, 0.2) is 205 Å². The van der Waals surface area contributed by atoms with Gasteiger partial charge in [0.25, 0.3) is 0 Å². The van der Waals surface area contributed by atoms with Gasteiger partial charge < -0.3 is 9.32 Å². The van der Waals surface area contributed by atoms with E-state index in [2.05, 4.69) is 205 Å². The summed E-state index contributed by atoms with van der Waals surface area (Å²) in [7, 11) is 0. The molecule has 0 bridgehead atoms. The Balaban J connectivity index is 1.16. The summed E-state index contributed by atoms with van der Waals surface area (Å²) in [5.74, 6) is 0. The maximum atomic E-state index is 6.70. The molecule has 0 spiro atoms. The predicted molar refractivity (Wildman–Crippen MR) is 220 cm³/mol. The number of hydrogen-bond donors (Lipinski definition) is 0. The molecule has 0 aliphatic carbocycles. The topological polar surface area (TPSA) is 16.4 Å². The smallest absolute Gasteiger partial charge is 0.143 e. The highest BCUT2D eigenvalue weighted by molar-refractivity contribution is 6.16. The standard InChI is InChI=1S/C50H33NO/c1-3-13-34(14-4-1)35-25-29-39(30-26-35)51(47-23-12-24-48-49(47)45-22-11-21-42(50(45)52-48)36-15-5-2-6-16-36)40-31-27-37(28-32-40)46-33-38-17-7-8-18-41(38)43-19-9-10-20-44(43)46/h1-33H. The lowest BCUT2D eigenvalue weighted by Crippen LogP contribution is -2.10. The van der Waals surface area contributed by atoms with Gasteiger partial charge in [0.15, 0.2) is 0 Å². The van der Waals surface area contributed by atoms with E-state index in [0.717, 1.165) is 50.1 Å². The first-order valence-corrected chi connectivity index (χ1v) is 17.8. The van der Waals surface area contributed by atoms with E-state index in [0.29, 0.717) is 0 Å². The summed E-state index contributed by atoms with van der Waals surface area (Å²) in [6.07, 6.45) is 0. The molecule has 0 atom stereocenters. The van der Waals surface area contributed by atoms with Gasteiger partial charge in [-0.3, -0.25) is 0 Å². The average molecular weight is 664 g/mol. The van der Waals surface area contributed by atoms with E-state index in [1.165, 1.54) is 43.8 Å². The molecule has 0 saturated carbocycles. The fourth-order valence-electron chi connectivity index (χ4n) is 7.80. The van der Waals surface area contributed by atoms with Gasteiger partial charge in [-0.15, -0.1) is 0 Å². The maximum absolute atomic E-state index is 6.70. The van der Waals surface area contributed by atoms with Crippen molar-refractivity contribution in [1.82, 2.24) is 0 Å². The molecule has 0 fully saturated rings. The van der Waals surface area contributed by atoms with Crippen LogP contribution >= 0.6 is 0 Å². The molecular weight excluding hydrogens is 631 g/mol. The second-order valence-electron chi connectivity index (χ2n) is 13.3. The molecule has 2 heteroatoms. The van der Waals surface area contributed by atoms with Crippen LogP contribution in [0.3, 0.4) is 0 Å². The first kappa shape index (κ1) is 30.0. The lowest BCUT2D eigenvalue weighted by molar-refractivity contribution is 0.670. The zero-order valence-corrected chi connectivity index (χ0v) is 28.4. The average Bonchev–Trinajstić information content (AvgIpc) is 3.62. The van der Waals surface area contributed by atoms with Crippen LogP contribution < -0.4 is 4.90 Å². The van der Waals surface area contributed by atoms with E-state index in [-0.39, 0.29) is 0 Å². The number of para-hydroxylation sites is 1. The van der Waals surface area contributed by atoms with Crippen molar-refractivity contribution in [2.45, 2.75) is 0 Å². The molecular formula is C50H33NO. The van der Waals surface area contributed by atoms with Gasteiger partial charge in [-0.05, 0) is 91.8 Å².